The summed E-state index contributed by atoms with van der Waals surface area (Å²) >= 11 is 0. The third kappa shape index (κ3) is 2.68. The Morgan fingerprint density at radius 1 is 1.57 bits per heavy atom. The Hall–Kier alpha value is -1.14. The second-order valence-electron chi connectivity index (χ2n) is 3.14. The van der Waals surface area contributed by atoms with Crippen LogP contribution in [-0.2, 0) is 14.3 Å². The van der Waals surface area contributed by atoms with Gasteiger partial charge >= 0.3 is 5.97 Å². The van der Waals surface area contributed by atoms with Gasteiger partial charge in [0.15, 0.2) is 0 Å². The van der Waals surface area contributed by atoms with E-state index in [9.17, 15) is 9.59 Å². The van der Waals surface area contributed by atoms with Crippen LogP contribution in [0, 0.1) is 5.92 Å². The second-order valence-corrected chi connectivity index (χ2v) is 3.14. The van der Waals surface area contributed by atoms with Crippen LogP contribution in [0.25, 0.3) is 0 Å². The minimum atomic E-state index is -1.24. The number of hydrogen-bond acceptors (Lipinski definition) is 4. The van der Waals surface area contributed by atoms with Crippen molar-refractivity contribution in [1.82, 2.24) is 5.32 Å². The molecule has 1 aliphatic heterocycles. The summed E-state index contributed by atoms with van der Waals surface area (Å²) < 4.78 is 4.98. The Kier molecular flexibility index (Phi) is 3.84. The fourth-order valence-electron chi connectivity index (χ4n) is 1.22. The number of aliphatic hydroxyl groups excluding tert-OH is 1. The van der Waals surface area contributed by atoms with Crippen molar-refractivity contribution in [2.45, 2.75) is 12.5 Å². The Morgan fingerprint density at radius 3 is 2.71 bits per heavy atom. The van der Waals surface area contributed by atoms with Crippen molar-refractivity contribution in [1.29, 1.82) is 0 Å². The normalized spacial score (nSPS) is 23.1. The highest BCUT2D eigenvalue weighted by molar-refractivity contribution is 5.85. The lowest BCUT2D eigenvalue weighted by Crippen LogP contribution is -2.45. The topological polar surface area (TPSA) is 95.9 Å². The summed E-state index contributed by atoms with van der Waals surface area (Å²) in [6.07, 6.45) is 0.601. The standard InChI is InChI=1S/C8H13NO5/c10-3-6(8(12)13)9-7(11)5-1-2-14-4-5/h5-6,10H,1-4H2,(H,9,11)(H,12,13)/t5?,6-/m1/s1. The van der Waals surface area contributed by atoms with Gasteiger partial charge in [-0.15, -0.1) is 0 Å². The van der Waals surface area contributed by atoms with E-state index in [2.05, 4.69) is 5.32 Å². The molecule has 2 atom stereocenters. The van der Waals surface area contributed by atoms with Crippen molar-refractivity contribution in [3.8, 4) is 0 Å². The molecule has 80 valence electrons. The molecule has 1 amide bonds. The Morgan fingerprint density at radius 2 is 2.29 bits per heavy atom. The zero-order valence-electron chi connectivity index (χ0n) is 7.60. The van der Waals surface area contributed by atoms with Gasteiger partial charge in [-0.3, -0.25) is 4.79 Å². The Labute approximate surface area is 80.9 Å². The lowest BCUT2D eigenvalue weighted by molar-refractivity contribution is -0.143. The van der Waals surface area contributed by atoms with Gasteiger partial charge in [0, 0.05) is 6.61 Å². The quantitative estimate of drug-likeness (QED) is 0.521. The first kappa shape index (κ1) is 10.9. The highest BCUT2D eigenvalue weighted by Gasteiger charge is 2.27. The van der Waals surface area contributed by atoms with Crippen molar-refractivity contribution in [3.63, 3.8) is 0 Å². The summed E-state index contributed by atoms with van der Waals surface area (Å²) in [4.78, 5) is 21.8. The average Bonchev–Trinajstić information content (AvgIpc) is 2.65. The molecule has 0 aromatic carbocycles. The maximum Gasteiger partial charge on any atom is 0.328 e. The molecule has 1 unspecified atom stereocenters. The average molecular weight is 203 g/mol. The molecule has 0 radical (unpaired) electrons. The smallest absolute Gasteiger partial charge is 0.328 e. The van der Waals surface area contributed by atoms with Crippen molar-refractivity contribution in [2.24, 2.45) is 5.92 Å². The Bertz CT molecular complexity index is 224. The highest BCUT2D eigenvalue weighted by Crippen LogP contribution is 2.12. The van der Waals surface area contributed by atoms with Gasteiger partial charge in [-0.2, -0.15) is 0 Å². The van der Waals surface area contributed by atoms with Crippen molar-refractivity contribution < 1.29 is 24.5 Å². The molecule has 0 bridgehead atoms. The van der Waals surface area contributed by atoms with Crippen molar-refractivity contribution >= 4 is 11.9 Å². The van der Waals surface area contributed by atoms with Gasteiger partial charge in [0.25, 0.3) is 0 Å². The molecule has 1 saturated heterocycles. The summed E-state index contributed by atoms with van der Waals surface area (Å²) in [6, 6.07) is -1.22. The van der Waals surface area contributed by atoms with Crippen molar-refractivity contribution in [3.05, 3.63) is 0 Å². The molecular weight excluding hydrogens is 190 g/mol. The van der Waals surface area contributed by atoms with Crippen LogP contribution in [0.2, 0.25) is 0 Å². The van der Waals surface area contributed by atoms with Crippen LogP contribution >= 0.6 is 0 Å². The van der Waals surface area contributed by atoms with Crippen molar-refractivity contribution in [2.75, 3.05) is 19.8 Å². The number of aliphatic hydroxyl groups is 1. The van der Waals surface area contributed by atoms with Crippen LogP contribution in [0.5, 0.6) is 0 Å². The van der Waals surface area contributed by atoms with Crippen LogP contribution in [0.1, 0.15) is 6.42 Å². The third-order valence-corrected chi connectivity index (χ3v) is 2.10. The first-order valence-corrected chi connectivity index (χ1v) is 4.37. The van der Waals surface area contributed by atoms with E-state index >= 15 is 0 Å². The van der Waals surface area contributed by atoms with Crippen LogP contribution < -0.4 is 5.32 Å². The van der Waals surface area contributed by atoms with Gasteiger partial charge < -0.3 is 20.3 Å². The maximum atomic E-state index is 11.4. The highest BCUT2D eigenvalue weighted by atomic mass is 16.5. The van der Waals surface area contributed by atoms with Gasteiger partial charge in [-0.05, 0) is 6.42 Å². The minimum absolute atomic E-state index is 0.289. The van der Waals surface area contributed by atoms with E-state index in [1.165, 1.54) is 0 Å². The maximum absolute atomic E-state index is 11.4. The molecule has 1 rings (SSSR count). The summed E-state index contributed by atoms with van der Waals surface area (Å²) in [7, 11) is 0. The monoisotopic (exact) mass is 203 g/mol. The predicted molar refractivity (Wildman–Crippen MR) is 45.6 cm³/mol. The van der Waals surface area contributed by atoms with Crippen LogP contribution in [-0.4, -0.2) is 48.0 Å². The number of ether oxygens (including phenoxy) is 1. The number of carbonyl (C=O) groups excluding carboxylic acids is 1. The van der Waals surface area contributed by atoms with E-state index in [0.29, 0.717) is 19.6 Å². The number of rotatable bonds is 4. The molecule has 1 heterocycles. The van der Waals surface area contributed by atoms with E-state index in [1.54, 1.807) is 0 Å². The second kappa shape index (κ2) is 4.92. The van der Waals surface area contributed by atoms with E-state index in [1.807, 2.05) is 0 Å². The summed E-state index contributed by atoms with van der Waals surface area (Å²) in [5.41, 5.74) is 0. The first-order chi connectivity index (χ1) is 6.65. The number of nitrogens with one attached hydrogen (secondary N) is 1. The van der Waals surface area contributed by atoms with Gasteiger partial charge in [0.05, 0.1) is 19.1 Å². The lowest BCUT2D eigenvalue weighted by Gasteiger charge is -2.14. The summed E-state index contributed by atoms with van der Waals surface area (Å²) in [5.74, 6) is -1.90. The molecule has 1 fully saturated rings. The molecule has 3 N–H and O–H groups in total. The summed E-state index contributed by atoms with van der Waals surface area (Å²) in [6.45, 7) is 0.243. The van der Waals surface area contributed by atoms with Gasteiger partial charge in [0.1, 0.15) is 6.04 Å². The Balaban J connectivity index is 2.41. The molecule has 6 heteroatoms. The largest absolute Gasteiger partial charge is 0.480 e. The number of carbonyl (C=O) groups is 2. The summed E-state index contributed by atoms with van der Waals surface area (Å²) in [5, 5.41) is 19.5. The molecule has 0 aliphatic carbocycles. The van der Waals surface area contributed by atoms with Crippen LogP contribution in [0.4, 0.5) is 0 Å². The molecule has 0 aromatic heterocycles. The third-order valence-electron chi connectivity index (χ3n) is 2.10. The van der Waals surface area contributed by atoms with E-state index in [-0.39, 0.29) is 11.8 Å². The SMILES string of the molecule is O=C(N[C@H](CO)C(=O)O)C1CCOC1. The molecule has 0 spiro atoms. The van der Waals surface area contributed by atoms with E-state index < -0.39 is 18.6 Å². The molecular formula is C8H13NO5. The van der Waals surface area contributed by atoms with Crippen LogP contribution in [0.15, 0.2) is 0 Å². The number of hydrogen-bond donors (Lipinski definition) is 3. The zero-order valence-corrected chi connectivity index (χ0v) is 7.60. The van der Waals surface area contributed by atoms with Gasteiger partial charge in [-0.1, -0.05) is 0 Å². The predicted octanol–water partition coefficient (Wildman–Crippen LogP) is -1.42. The van der Waals surface area contributed by atoms with Gasteiger partial charge in [-0.25, -0.2) is 4.79 Å². The fraction of sp³-hybridized carbons (Fsp3) is 0.750. The molecule has 14 heavy (non-hydrogen) atoms. The van der Waals surface area contributed by atoms with Gasteiger partial charge in [0.2, 0.25) is 5.91 Å². The fourth-order valence-corrected chi connectivity index (χ4v) is 1.22. The van der Waals surface area contributed by atoms with E-state index in [4.69, 9.17) is 14.9 Å². The number of carboxylic acid groups (broad SMARTS) is 1. The molecule has 0 saturated carbocycles. The minimum Gasteiger partial charge on any atom is -0.480 e. The lowest BCUT2D eigenvalue weighted by atomic mass is 10.1. The number of aliphatic carboxylic acids is 1. The zero-order chi connectivity index (χ0) is 10.6. The van der Waals surface area contributed by atoms with E-state index in [0.717, 1.165) is 0 Å². The number of amides is 1. The number of carboxylic acids is 1. The molecule has 0 aromatic rings. The molecule has 1 aliphatic rings. The first-order valence-electron chi connectivity index (χ1n) is 4.37. The molecule has 6 nitrogen and oxygen atoms in total. The van der Waals surface area contributed by atoms with Crippen LogP contribution in [0.3, 0.4) is 0 Å².